The summed E-state index contributed by atoms with van der Waals surface area (Å²) in [6.45, 7) is 4.54. The van der Waals surface area contributed by atoms with E-state index in [1.807, 2.05) is 0 Å². The number of hydrogen-bond donors (Lipinski definition) is 0. The first kappa shape index (κ1) is 18.8. The Bertz CT molecular complexity index is 1010. The fourth-order valence-electron chi connectivity index (χ4n) is 3.36. The number of aryl methyl sites for hydroxylation is 2. The zero-order chi connectivity index (χ0) is 20.4. The van der Waals surface area contributed by atoms with Gasteiger partial charge in [0.05, 0.1) is 12.1 Å². The van der Waals surface area contributed by atoms with Crippen molar-refractivity contribution in [3.63, 3.8) is 0 Å². The molecule has 1 aliphatic heterocycles. The predicted octanol–water partition coefficient (Wildman–Crippen LogP) is 1.80. The van der Waals surface area contributed by atoms with Crippen LogP contribution in [-0.2, 0) is 0 Å². The Balaban J connectivity index is 1.65. The average molecular weight is 396 g/mol. The van der Waals surface area contributed by atoms with Crippen molar-refractivity contribution in [3.05, 3.63) is 59.3 Å². The molecule has 1 fully saturated rings. The first-order valence-electron chi connectivity index (χ1n) is 9.26. The Labute approximate surface area is 166 Å². The lowest BCUT2D eigenvalue weighted by atomic mass is 10.1. The minimum Gasteiger partial charge on any atom is -0.361 e. The molecule has 4 heterocycles. The second-order valence-corrected chi connectivity index (χ2v) is 6.86. The lowest BCUT2D eigenvalue weighted by molar-refractivity contribution is 0.0589. The van der Waals surface area contributed by atoms with Crippen LogP contribution in [0.5, 0.6) is 0 Å². The van der Waals surface area contributed by atoms with Gasteiger partial charge in [-0.15, -0.1) is 0 Å². The van der Waals surface area contributed by atoms with Crippen molar-refractivity contribution in [1.82, 2.24) is 30.1 Å². The molecule has 1 atom stereocenters. The smallest absolute Gasteiger partial charge is 0.276 e. The van der Waals surface area contributed by atoms with Crippen LogP contribution in [0.2, 0.25) is 0 Å². The molecule has 0 N–H and O–H groups in total. The molecule has 1 unspecified atom stereocenters. The van der Waals surface area contributed by atoms with Crippen LogP contribution in [0.25, 0.3) is 0 Å². The molecule has 3 aromatic heterocycles. The fourth-order valence-corrected chi connectivity index (χ4v) is 3.36. The van der Waals surface area contributed by atoms with Crippen LogP contribution in [-0.4, -0.2) is 61.5 Å². The Morgan fingerprint density at radius 3 is 2.66 bits per heavy atom. The van der Waals surface area contributed by atoms with Crippen LogP contribution in [0.15, 0.2) is 39.6 Å². The summed E-state index contributed by atoms with van der Waals surface area (Å²) in [5, 5.41) is 7.67. The summed E-state index contributed by atoms with van der Waals surface area (Å²) in [5.74, 6) is 0.837. The van der Waals surface area contributed by atoms with E-state index in [4.69, 9.17) is 9.05 Å². The molecule has 1 aliphatic rings. The van der Waals surface area contributed by atoms with Crippen molar-refractivity contribution in [2.45, 2.75) is 26.3 Å². The summed E-state index contributed by atoms with van der Waals surface area (Å²) in [7, 11) is 0. The summed E-state index contributed by atoms with van der Waals surface area (Å²) >= 11 is 0. The van der Waals surface area contributed by atoms with Gasteiger partial charge >= 0.3 is 0 Å². The fraction of sp³-hybridized carbons (Fsp3) is 0.368. The van der Waals surface area contributed by atoms with Gasteiger partial charge in [-0.25, -0.2) is 0 Å². The Morgan fingerprint density at radius 1 is 1.14 bits per heavy atom. The molecule has 0 radical (unpaired) electrons. The molecule has 0 aliphatic carbocycles. The minimum atomic E-state index is -0.580. The molecule has 4 rings (SSSR count). The SMILES string of the molecule is Cc1noc(C2CN(C(=O)c3cc(C)on3)CCCN2C(=O)c2cccnc2)n1. The van der Waals surface area contributed by atoms with E-state index in [0.29, 0.717) is 36.7 Å². The van der Waals surface area contributed by atoms with Gasteiger partial charge < -0.3 is 18.8 Å². The maximum Gasteiger partial charge on any atom is 0.276 e. The highest BCUT2D eigenvalue weighted by atomic mass is 16.5. The Kier molecular flexibility index (Phi) is 5.07. The molecule has 0 spiro atoms. The first-order valence-corrected chi connectivity index (χ1v) is 9.26. The van der Waals surface area contributed by atoms with Crippen molar-refractivity contribution in [2.75, 3.05) is 19.6 Å². The van der Waals surface area contributed by atoms with Crippen LogP contribution in [0, 0.1) is 13.8 Å². The normalized spacial score (nSPS) is 17.2. The van der Waals surface area contributed by atoms with Crippen LogP contribution in [0.3, 0.4) is 0 Å². The van der Waals surface area contributed by atoms with Gasteiger partial charge in [0.25, 0.3) is 17.7 Å². The van der Waals surface area contributed by atoms with Gasteiger partial charge in [-0.1, -0.05) is 10.3 Å². The molecule has 0 bridgehead atoms. The lowest BCUT2D eigenvalue weighted by Gasteiger charge is -2.29. The number of carbonyl (C=O) groups excluding carboxylic acids is 2. The maximum absolute atomic E-state index is 13.2. The van der Waals surface area contributed by atoms with E-state index < -0.39 is 6.04 Å². The topological polar surface area (TPSA) is 118 Å². The van der Waals surface area contributed by atoms with E-state index >= 15 is 0 Å². The Morgan fingerprint density at radius 2 is 2.00 bits per heavy atom. The second kappa shape index (κ2) is 7.82. The Hall–Kier alpha value is -3.56. The third-order valence-electron chi connectivity index (χ3n) is 4.73. The maximum atomic E-state index is 13.2. The van der Waals surface area contributed by atoms with Gasteiger partial charge in [-0.05, 0) is 32.4 Å². The van der Waals surface area contributed by atoms with Crippen molar-refractivity contribution >= 4 is 11.8 Å². The molecule has 10 heteroatoms. The molecule has 0 aromatic carbocycles. The van der Waals surface area contributed by atoms with Gasteiger partial charge in [0, 0.05) is 31.5 Å². The minimum absolute atomic E-state index is 0.203. The van der Waals surface area contributed by atoms with E-state index in [0.717, 1.165) is 0 Å². The monoisotopic (exact) mass is 396 g/mol. The second-order valence-electron chi connectivity index (χ2n) is 6.86. The average Bonchev–Trinajstić information content (AvgIpc) is 3.29. The van der Waals surface area contributed by atoms with Gasteiger partial charge in [-0.2, -0.15) is 4.98 Å². The zero-order valence-electron chi connectivity index (χ0n) is 16.1. The van der Waals surface area contributed by atoms with Gasteiger partial charge in [-0.3, -0.25) is 14.6 Å². The number of nitrogens with zero attached hydrogens (tertiary/aromatic N) is 6. The summed E-state index contributed by atoms with van der Waals surface area (Å²) in [4.78, 5) is 37.7. The predicted molar refractivity (Wildman–Crippen MR) is 98.8 cm³/mol. The largest absolute Gasteiger partial charge is 0.361 e. The lowest BCUT2D eigenvalue weighted by Crippen LogP contribution is -2.40. The molecular weight excluding hydrogens is 376 g/mol. The molecular formula is C19H20N6O4. The third kappa shape index (κ3) is 3.86. The van der Waals surface area contributed by atoms with Gasteiger partial charge in [0.15, 0.2) is 11.5 Å². The number of pyridine rings is 1. The summed E-state index contributed by atoms with van der Waals surface area (Å²) in [6.07, 6.45) is 3.72. The van der Waals surface area contributed by atoms with E-state index in [1.54, 1.807) is 48.0 Å². The van der Waals surface area contributed by atoms with E-state index in [1.165, 1.54) is 6.20 Å². The first-order chi connectivity index (χ1) is 14.0. The molecule has 10 nitrogen and oxygen atoms in total. The molecule has 0 saturated carbocycles. The number of carbonyl (C=O) groups is 2. The van der Waals surface area contributed by atoms with Crippen LogP contribution >= 0.6 is 0 Å². The molecule has 29 heavy (non-hydrogen) atoms. The van der Waals surface area contributed by atoms with E-state index in [2.05, 4.69) is 20.3 Å². The highest BCUT2D eigenvalue weighted by Gasteiger charge is 2.36. The summed E-state index contributed by atoms with van der Waals surface area (Å²) < 4.78 is 10.4. The van der Waals surface area contributed by atoms with E-state index in [9.17, 15) is 9.59 Å². The third-order valence-corrected chi connectivity index (χ3v) is 4.73. The van der Waals surface area contributed by atoms with Gasteiger partial charge in [0.2, 0.25) is 0 Å². The van der Waals surface area contributed by atoms with Gasteiger partial charge in [0.1, 0.15) is 11.8 Å². The number of aromatic nitrogens is 4. The highest BCUT2D eigenvalue weighted by molar-refractivity contribution is 5.94. The van der Waals surface area contributed by atoms with Crippen molar-refractivity contribution in [3.8, 4) is 0 Å². The molecule has 150 valence electrons. The van der Waals surface area contributed by atoms with Crippen LogP contribution < -0.4 is 0 Å². The summed E-state index contributed by atoms with van der Waals surface area (Å²) in [5.41, 5.74) is 0.690. The van der Waals surface area contributed by atoms with Crippen molar-refractivity contribution in [2.24, 2.45) is 0 Å². The summed E-state index contributed by atoms with van der Waals surface area (Å²) in [6, 6.07) is 4.43. The number of hydrogen-bond acceptors (Lipinski definition) is 8. The highest BCUT2D eigenvalue weighted by Crippen LogP contribution is 2.26. The molecule has 3 aromatic rings. The number of amides is 2. The van der Waals surface area contributed by atoms with Crippen LogP contribution in [0.1, 0.15) is 50.8 Å². The number of rotatable bonds is 3. The quantitative estimate of drug-likeness (QED) is 0.657. The standard InChI is InChI=1S/C19H20N6O4/c1-12-9-15(23-28-12)19(27)24-7-4-8-25(18(26)14-5-3-6-20-10-14)16(11-24)17-21-13(2)22-29-17/h3,5-6,9-10,16H,4,7-8,11H2,1-2H3. The molecule has 1 saturated heterocycles. The molecule has 2 amide bonds. The zero-order valence-corrected chi connectivity index (χ0v) is 16.1. The van der Waals surface area contributed by atoms with Crippen molar-refractivity contribution in [1.29, 1.82) is 0 Å². The van der Waals surface area contributed by atoms with Crippen molar-refractivity contribution < 1.29 is 18.6 Å². The van der Waals surface area contributed by atoms with Crippen LogP contribution in [0.4, 0.5) is 0 Å². The van der Waals surface area contributed by atoms with E-state index in [-0.39, 0.29) is 29.9 Å².